The van der Waals surface area contributed by atoms with E-state index < -0.39 is 6.04 Å². The van der Waals surface area contributed by atoms with Crippen molar-refractivity contribution < 1.29 is 4.79 Å². The minimum Gasteiger partial charge on any atom is -0.320 e. The molecule has 2 unspecified atom stereocenters. The average molecular weight is 411 g/mol. The first-order valence-corrected chi connectivity index (χ1v) is 9.34. The van der Waals surface area contributed by atoms with Crippen LogP contribution in [0.15, 0.2) is 47.6 Å². The lowest BCUT2D eigenvalue weighted by molar-refractivity contribution is -0.132. The van der Waals surface area contributed by atoms with Gasteiger partial charge in [0.15, 0.2) is 0 Å². The summed E-state index contributed by atoms with van der Waals surface area (Å²) in [5.74, 6) is -0.0933. The number of hydrogen-bond donors (Lipinski definition) is 1. The van der Waals surface area contributed by atoms with E-state index in [-0.39, 0.29) is 11.8 Å². The van der Waals surface area contributed by atoms with E-state index in [4.69, 9.17) is 40.5 Å². The number of nitrogens with zero attached hydrogens (tertiary/aromatic N) is 2. The first-order valence-electron chi connectivity index (χ1n) is 8.20. The number of carbonyl (C=O) groups excluding carboxylic acids is 1. The van der Waals surface area contributed by atoms with E-state index in [1.54, 1.807) is 12.1 Å². The summed E-state index contributed by atoms with van der Waals surface area (Å²) in [6.45, 7) is 2.54. The molecule has 2 aromatic rings. The Hall–Kier alpha value is -1.59. The molecule has 0 radical (unpaired) electrons. The molecule has 2 atom stereocenters. The molecular formula is C19H18Cl3N3O. The third kappa shape index (κ3) is 4.21. The van der Waals surface area contributed by atoms with E-state index in [0.717, 1.165) is 16.8 Å². The molecule has 2 aromatic carbocycles. The van der Waals surface area contributed by atoms with Gasteiger partial charge in [0.05, 0.1) is 28.3 Å². The summed E-state index contributed by atoms with van der Waals surface area (Å²) in [4.78, 5) is 12.7. The molecule has 4 nitrogen and oxygen atoms in total. The van der Waals surface area contributed by atoms with Crippen molar-refractivity contribution in [2.24, 2.45) is 16.8 Å². The molecule has 136 valence electrons. The predicted molar refractivity (Wildman–Crippen MR) is 107 cm³/mol. The number of hydrogen-bond acceptors (Lipinski definition) is 3. The second-order valence-electron chi connectivity index (χ2n) is 6.37. The molecule has 0 saturated heterocycles. The quantitative estimate of drug-likeness (QED) is 0.812. The second-order valence-corrected chi connectivity index (χ2v) is 7.62. The van der Waals surface area contributed by atoms with Gasteiger partial charge in [-0.1, -0.05) is 59.9 Å². The fourth-order valence-electron chi connectivity index (χ4n) is 2.92. The third-order valence-corrected chi connectivity index (χ3v) is 5.28. The van der Waals surface area contributed by atoms with Crippen LogP contribution in [0.25, 0.3) is 0 Å². The summed E-state index contributed by atoms with van der Waals surface area (Å²) in [6.07, 6.45) is 0.367. The molecule has 3 rings (SSSR count). The van der Waals surface area contributed by atoms with Crippen LogP contribution in [0, 0.1) is 5.92 Å². The van der Waals surface area contributed by atoms with Crippen molar-refractivity contribution in [3.05, 3.63) is 68.7 Å². The third-order valence-electron chi connectivity index (χ3n) is 4.29. The number of amides is 1. The van der Waals surface area contributed by atoms with Gasteiger partial charge in [-0.3, -0.25) is 4.79 Å². The first-order chi connectivity index (χ1) is 12.3. The highest BCUT2D eigenvalue weighted by atomic mass is 35.5. The minimum absolute atomic E-state index is 0.123. The van der Waals surface area contributed by atoms with Gasteiger partial charge in [0.1, 0.15) is 0 Å². The van der Waals surface area contributed by atoms with Gasteiger partial charge in [-0.2, -0.15) is 5.10 Å². The molecule has 0 aliphatic carbocycles. The van der Waals surface area contributed by atoms with E-state index in [1.807, 2.05) is 37.3 Å². The summed E-state index contributed by atoms with van der Waals surface area (Å²) in [7, 11) is 0. The molecule has 7 heteroatoms. The van der Waals surface area contributed by atoms with E-state index in [2.05, 4.69) is 5.10 Å². The SMILES string of the molecule is CC1CN(C(=O)C(N)Cc2ccc(Cl)c(Cl)c2)N=C1c1ccc(Cl)cc1. The maximum Gasteiger partial charge on any atom is 0.259 e. The van der Waals surface area contributed by atoms with Gasteiger partial charge in [-0.15, -0.1) is 0 Å². The van der Waals surface area contributed by atoms with Crippen LogP contribution >= 0.6 is 34.8 Å². The van der Waals surface area contributed by atoms with Crippen LogP contribution in [-0.4, -0.2) is 29.2 Å². The van der Waals surface area contributed by atoms with Crippen LogP contribution < -0.4 is 5.73 Å². The second kappa shape index (κ2) is 7.97. The number of halogens is 3. The van der Waals surface area contributed by atoms with Crippen LogP contribution in [0.5, 0.6) is 0 Å². The molecule has 1 heterocycles. The number of hydrazone groups is 1. The lowest BCUT2D eigenvalue weighted by Gasteiger charge is -2.18. The number of nitrogens with two attached hydrogens (primary N) is 1. The summed E-state index contributed by atoms with van der Waals surface area (Å²) >= 11 is 17.9. The van der Waals surface area contributed by atoms with Gasteiger partial charge in [0, 0.05) is 10.9 Å². The van der Waals surface area contributed by atoms with Crippen molar-refractivity contribution in [1.82, 2.24) is 5.01 Å². The molecule has 0 aromatic heterocycles. The monoisotopic (exact) mass is 409 g/mol. The normalized spacial score (nSPS) is 18.0. The Morgan fingerprint density at radius 1 is 1.19 bits per heavy atom. The Bertz CT molecular complexity index is 852. The van der Waals surface area contributed by atoms with E-state index >= 15 is 0 Å². The molecule has 1 aliphatic rings. The highest BCUT2D eigenvalue weighted by molar-refractivity contribution is 6.42. The molecule has 1 amide bonds. The number of benzene rings is 2. The molecule has 0 fully saturated rings. The fourth-order valence-corrected chi connectivity index (χ4v) is 3.36. The molecular weight excluding hydrogens is 393 g/mol. The molecule has 0 bridgehead atoms. The van der Waals surface area contributed by atoms with Crippen molar-refractivity contribution in [1.29, 1.82) is 0 Å². The zero-order valence-electron chi connectivity index (χ0n) is 14.1. The van der Waals surface area contributed by atoms with Crippen molar-refractivity contribution in [3.63, 3.8) is 0 Å². The van der Waals surface area contributed by atoms with Gasteiger partial charge in [0.25, 0.3) is 5.91 Å². The maximum absolute atomic E-state index is 12.7. The Morgan fingerprint density at radius 3 is 2.54 bits per heavy atom. The molecule has 1 aliphatic heterocycles. The summed E-state index contributed by atoms with van der Waals surface area (Å²) in [5.41, 5.74) is 8.78. The smallest absolute Gasteiger partial charge is 0.259 e. The zero-order chi connectivity index (χ0) is 18.8. The largest absolute Gasteiger partial charge is 0.320 e. The Labute approximate surface area is 167 Å². The van der Waals surface area contributed by atoms with Crippen molar-refractivity contribution >= 4 is 46.4 Å². The predicted octanol–water partition coefficient (Wildman–Crippen LogP) is 4.40. The van der Waals surface area contributed by atoms with Gasteiger partial charge in [-0.05, 0) is 41.8 Å². The lowest BCUT2D eigenvalue weighted by Crippen LogP contribution is -2.42. The topological polar surface area (TPSA) is 58.7 Å². The molecule has 2 N–H and O–H groups in total. The Morgan fingerprint density at radius 2 is 1.88 bits per heavy atom. The summed E-state index contributed by atoms with van der Waals surface area (Å²) in [6, 6.07) is 12.0. The van der Waals surface area contributed by atoms with Gasteiger partial charge >= 0.3 is 0 Å². The van der Waals surface area contributed by atoms with Crippen LogP contribution in [0.3, 0.4) is 0 Å². The van der Waals surface area contributed by atoms with Crippen molar-refractivity contribution in [3.8, 4) is 0 Å². The Kier molecular flexibility index (Phi) is 5.88. The van der Waals surface area contributed by atoms with Gasteiger partial charge in [-0.25, -0.2) is 5.01 Å². The molecule has 0 saturated carbocycles. The molecule has 26 heavy (non-hydrogen) atoms. The highest BCUT2D eigenvalue weighted by Gasteiger charge is 2.30. The van der Waals surface area contributed by atoms with E-state index in [9.17, 15) is 4.79 Å². The fraction of sp³-hybridized carbons (Fsp3) is 0.263. The lowest BCUT2D eigenvalue weighted by atomic mass is 9.99. The van der Waals surface area contributed by atoms with E-state index in [1.165, 1.54) is 5.01 Å². The van der Waals surface area contributed by atoms with Gasteiger partial charge < -0.3 is 5.73 Å². The standard InChI is InChI=1S/C19H18Cl3N3O/c1-11-10-25(24-18(11)13-3-5-14(20)6-4-13)19(26)17(23)9-12-2-7-15(21)16(22)8-12/h2-8,11,17H,9-10,23H2,1H3. The van der Waals surface area contributed by atoms with Gasteiger partial charge in [0.2, 0.25) is 0 Å². The van der Waals surface area contributed by atoms with E-state index in [0.29, 0.717) is 28.0 Å². The van der Waals surface area contributed by atoms with Crippen molar-refractivity contribution in [2.75, 3.05) is 6.54 Å². The number of rotatable bonds is 4. The zero-order valence-corrected chi connectivity index (χ0v) is 16.4. The van der Waals surface area contributed by atoms with Crippen LogP contribution in [-0.2, 0) is 11.2 Å². The van der Waals surface area contributed by atoms with Crippen molar-refractivity contribution in [2.45, 2.75) is 19.4 Å². The molecule has 0 spiro atoms. The van der Waals surface area contributed by atoms with Crippen LogP contribution in [0.4, 0.5) is 0 Å². The van der Waals surface area contributed by atoms with Crippen LogP contribution in [0.2, 0.25) is 15.1 Å². The van der Waals surface area contributed by atoms with Crippen LogP contribution in [0.1, 0.15) is 18.1 Å². The average Bonchev–Trinajstić information content (AvgIpc) is 3.00. The minimum atomic E-state index is -0.701. The first kappa shape index (κ1) is 19.2. The maximum atomic E-state index is 12.7. The number of carbonyl (C=O) groups is 1. The summed E-state index contributed by atoms with van der Waals surface area (Å²) < 4.78 is 0. The highest BCUT2D eigenvalue weighted by Crippen LogP contribution is 2.24. The summed E-state index contributed by atoms with van der Waals surface area (Å²) in [5, 5.41) is 7.53. The Balaban J connectivity index is 1.72.